The summed E-state index contributed by atoms with van der Waals surface area (Å²) in [6.45, 7) is 0. The monoisotopic (exact) mass is 358 g/mol. The fourth-order valence-corrected chi connectivity index (χ4v) is 3.94. The smallest absolute Gasteiger partial charge is 0.0669 e. The van der Waals surface area contributed by atoms with Gasteiger partial charge in [0.25, 0.3) is 0 Å². The number of para-hydroxylation sites is 1. The van der Waals surface area contributed by atoms with Gasteiger partial charge in [-0.3, -0.25) is 0 Å². The van der Waals surface area contributed by atoms with E-state index in [1.807, 2.05) is 12.1 Å². The second-order valence-electron chi connectivity index (χ2n) is 6.96. The van der Waals surface area contributed by atoms with Gasteiger partial charge < -0.3 is 4.57 Å². The van der Waals surface area contributed by atoms with Crippen LogP contribution in [0.4, 0.5) is 0 Å². The summed E-state index contributed by atoms with van der Waals surface area (Å²) in [7, 11) is 0. The Kier molecular flexibility index (Phi) is 3.92. The Morgan fingerprint density at radius 2 is 1.29 bits per heavy atom. The lowest BCUT2D eigenvalue weighted by atomic mass is 10.0. The zero-order chi connectivity index (χ0) is 18.9. The summed E-state index contributed by atoms with van der Waals surface area (Å²) in [4.78, 5) is 0. The highest BCUT2D eigenvalue weighted by molar-refractivity contribution is 6.10. The van der Waals surface area contributed by atoms with E-state index in [-0.39, 0.29) is 0 Å². The SMILES string of the molecule is N#CCc1ccc2c(c1)c1cc(-c3ccccc3)ccc1n2-c1ccccc1. The predicted octanol–water partition coefficient (Wildman–Crippen LogP) is 6.52. The second kappa shape index (κ2) is 6.72. The molecule has 0 amide bonds. The van der Waals surface area contributed by atoms with E-state index in [0.717, 1.165) is 16.8 Å². The molecule has 0 aliphatic rings. The van der Waals surface area contributed by atoms with Gasteiger partial charge in [0.2, 0.25) is 0 Å². The van der Waals surface area contributed by atoms with Gasteiger partial charge in [0.1, 0.15) is 0 Å². The summed E-state index contributed by atoms with van der Waals surface area (Å²) in [5.41, 5.74) is 6.93. The van der Waals surface area contributed by atoms with Gasteiger partial charge >= 0.3 is 0 Å². The molecule has 0 saturated heterocycles. The lowest BCUT2D eigenvalue weighted by Gasteiger charge is -2.08. The summed E-state index contributed by atoms with van der Waals surface area (Å²) in [6.07, 6.45) is 0.423. The Balaban J connectivity index is 1.85. The molecule has 4 aromatic carbocycles. The molecule has 1 heterocycles. The number of nitriles is 1. The highest BCUT2D eigenvalue weighted by Crippen LogP contribution is 2.35. The van der Waals surface area contributed by atoms with Crippen LogP contribution in [0.3, 0.4) is 0 Å². The van der Waals surface area contributed by atoms with Gasteiger partial charge in [-0.25, -0.2) is 0 Å². The minimum absolute atomic E-state index is 0.423. The van der Waals surface area contributed by atoms with Crippen LogP contribution in [0.2, 0.25) is 0 Å². The molecule has 2 nitrogen and oxygen atoms in total. The van der Waals surface area contributed by atoms with Crippen LogP contribution in [0, 0.1) is 11.3 Å². The Morgan fingerprint density at radius 3 is 2.00 bits per heavy atom. The molecule has 0 fully saturated rings. The number of fused-ring (bicyclic) bond motifs is 3. The van der Waals surface area contributed by atoms with Crippen LogP contribution in [0.5, 0.6) is 0 Å². The molecule has 0 aliphatic heterocycles. The minimum atomic E-state index is 0.423. The van der Waals surface area contributed by atoms with Gasteiger partial charge in [-0.1, -0.05) is 60.7 Å². The minimum Gasteiger partial charge on any atom is -0.309 e. The first-order chi connectivity index (χ1) is 13.8. The Morgan fingerprint density at radius 1 is 0.643 bits per heavy atom. The highest BCUT2D eigenvalue weighted by Gasteiger charge is 2.13. The third kappa shape index (κ3) is 2.66. The number of rotatable bonds is 3. The maximum absolute atomic E-state index is 9.13. The van der Waals surface area contributed by atoms with Gasteiger partial charge in [0.15, 0.2) is 0 Å². The van der Waals surface area contributed by atoms with Gasteiger partial charge in [0, 0.05) is 16.5 Å². The van der Waals surface area contributed by atoms with E-state index >= 15 is 0 Å². The molecule has 0 bridgehead atoms. The van der Waals surface area contributed by atoms with E-state index in [0.29, 0.717) is 6.42 Å². The van der Waals surface area contributed by atoms with Crippen molar-refractivity contribution in [2.75, 3.05) is 0 Å². The molecule has 132 valence electrons. The van der Waals surface area contributed by atoms with Crippen molar-refractivity contribution in [3.8, 4) is 22.9 Å². The van der Waals surface area contributed by atoms with Gasteiger partial charge in [-0.15, -0.1) is 0 Å². The summed E-state index contributed by atoms with van der Waals surface area (Å²) < 4.78 is 2.30. The molecule has 1 aromatic heterocycles. The Labute approximate surface area is 163 Å². The molecular formula is C26H18N2. The van der Waals surface area contributed by atoms with Crippen molar-refractivity contribution in [2.24, 2.45) is 0 Å². The molecule has 28 heavy (non-hydrogen) atoms. The van der Waals surface area contributed by atoms with Crippen molar-refractivity contribution in [3.05, 3.63) is 103 Å². The molecule has 5 rings (SSSR count). The van der Waals surface area contributed by atoms with Crippen molar-refractivity contribution in [1.82, 2.24) is 4.57 Å². The number of benzene rings is 4. The number of hydrogen-bond donors (Lipinski definition) is 0. The van der Waals surface area contributed by atoms with Crippen LogP contribution in [0.1, 0.15) is 5.56 Å². The van der Waals surface area contributed by atoms with Gasteiger partial charge in [0.05, 0.1) is 23.5 Å². The maximum Gasteiger partial charge on any atom is 0.0669 e. The van der Waals surface area contributed by atoms with Crippen LogP contribution < -0.4 is 0 Å². The molecule has 0 radical (unpaired) electrons. The van der Waals surface area contributed by atoms with Crippen LogP contribution >= 0.6 is 0 Å². The molecular weight excluding hydrogens is 340 g/mol. The molecule has 2 heteroatoms. The molecule has 0 saturated carbocycles. The van der Waals surface area contributed by atoms with Crippen LogP contribution in [-0.4, -0.2) is 4.57 Å². The normalized spacial score (nSPS) is 11.0. The summed E-state index contributed by atoms with van der Waals surface area (Å²) in [5.74, 6) is 0. The Hall–Kier alpha value is -3.83. The van der Waals surface area contributed by atoms with Crippen LogP contribution in [0.25, 0.3) is 38.6 Å². The Bertz CT molecular complexity index is 1320. The quantitative estimate of drug-likeness (QED) is 0.361. The largest absolute Gasteiger partial charge is 0.309 e. The van der Waals surface area contributed by atoms with Crippen molar-refractivity contribution < 1.29 is 0 Å². The zero-order valence-electron chi connectivity index (χ0n) is 15.3. The molecule has 0 N–H and O–H groups in total. The number of nitrogens with zero attached hydrogens (tertiary/aromatic N) is 2. The molecule has 5 aromatic rings. The molecule has 0 aliphatic carbocycles. The van der Waals surface area contributed by atoms with Crippen molar-refractivity contribution in [1.29, 1.82) is 5.26 Å². The topological polar surface area (TPSA) is 28.7 Å². The zero-order valence-corrected chi connectivity index (χ0v) is 15.3. The van der Waals surface area contributed by atoms with Crippen molar-refractivity contribution >= 4 is 21.8 Å². The van der Waals surface area contributed by atoms with E-state index in [1.54, 1.807) is 0 Å². The van der Waals surface area contributed by atoms with E-state index in [4.69, 9.17) is 5.26 Å². The van der Waals surface area contributed by atoms with Gasteiger partial charge in [-0.2, -0.15) is 5.26 Å². The molecule has 0 unspecified atom stereocenters. The number of hydrogen-bond acceptors (Lipinski definition) is 1. The van der Waals surface area contributed by atoms with Crippen LogP contribution in [-0.2, 0) is 6.42 Å². The second-order valence-corrected chi connectivity index (χ2v) is 6.96. The molecule has 0 spiro atoms. The van der Waals surface area contributed by atoms with E-state index < -0.39 is 0 Å². The third-order valence-corrected chi connectivity index (χ3v) is 5.23. The standard InChI is InChI=1S/C26H18N2/c27-16-15-19-11-13-25-23(17-19)24-18-21(20-7-3-1-4-8-20)12-14-26(24)28(25)22-9-5-2-6-10-22/h1-14,17-18H,15H2. The summed E-state index contributed by atoms with van der Waals surface area (Å²) in [6, 6.07) is 36.2. The lowest BCUT2D eigenvalue weighted by Crippen LogP contribution is -1.93. The maximum atomic E-state index is 9.13. The average molecular weight is 358 g/mol. The van der Waals surface area contributed by atoms with Crippen molar-refractivity contribution in [2.45, 2.75) is 6.42 Å². The summed E-state index contributed by atoms with van der Waals surface area (Å²) >= 11 is 0. The van der Waals surface area contributed by atoms with E-state index in [1.165, 1.54) is 27.4 Å². The third-order valence-electron chi connectivity index (χ3n) is 5.23. The predicted molar refractivity (Wildman–Crippen MR) is 116 cm³/mol. The highest BCUT2D eigenvalue weighted by atomic mass is 15.0. The number of aromatic nitrogens is 1. The van der Waals surface area contributed by atoms with Crippen molar-refractivity contribution in [3.63, 3.8) is 0 Å². The molecule has 0 atom stereocenters. The van der Waals surface area contributed by atoms with Gasteiger partial charge in [-0.05, 0) is 53.1 Å². The fourth-order valence-electron chi connectivity index (χ4n) is 3.94. The van der Waals surface area contributed by atoms with Crippen LogP contribution in [0.15, 0.2) is 97.1 Å². The first-order valence-corrected chi connectivity index (χ1v) is 9.40. The summed E-state index contributed by atoms with van der Waals surface area (Å²) in [5, 5.41) is 11.5. The fraction of sp³-hybridized carbons (Fsp3) is 0.0385. The first-order valence-electron chi connectivity index (χ1n) is 9.40. The van der Waals surface area contributed by atoms with E-state index in [9.17, 15) is 0 Å². The average Bonchev–Trinajstić information content (AvgIpc) is 3.08. The lowest BCUT2D eigenvalue weighted by molar-refractivity contribution is 1.18. The first kappa shape index (κ1) is 16.4. The van der Waals surface area contributed by atoms with E-state index in [2.05, 4.69) is 95.6 Å².